The van der Waals surface area contributed by atoms with Gasteiger partial charge in [0.15, 0.2) is 0 Å². The molecule has 2 heterocycles. The molecule has 27 heavy (non-hydrogen) atoms. The Kier molecular flexibility index (Phi) is 5.18. The van der Waals surface area contributed by atoms with Crippen molar-refractivity contribution >= 4 is 5.97 Å². The maximum atomic E-state index is 13.8. The molecule has 0 saturated heterocycles. The third-order valence-corrected chi connectivity index (χ3v) is 4.05. The highest BCUT2D eigenvalue weighted by Crippen LogP contribution is 2.32. The van der Waals surface area contributed by atoms with E-state index in [4.69, 9.17) is 0 Å². The Morgan fingerprint density at radius 1 is 1.22 bits per heavy atom. The number of aromatic hydroxyl groups is 1. The van der Waals surface area contributed by atoms with Crippen LogP contribution in [-0.2, 0) is 6.42 Å². The number of likely N-dealkylation sites (N-methyl/N-ethyl adjacent to an activating group) is 1. The van der Waals surface area contributed by atoms with Gasteiger partial charge in [0.25, 0.3) is 0 Å². The number of carboxylic acid groups (broad SMARTS) is 1. The van der Waals surface area contributed by atoms with Gasteiger partial charge in [-0.25, -0.2) is 19.2 Å². The lowest BCUT2D eigenvalue weighted by molar-refractivity contribution is 0.0692. The number of nitrogens with zero attached hydrogens (tertiary/aromatic N) is 3. The number of imidazole rings is 1. The molecular weight excluding hydrogens is 351 g/mol. The molecule has 3 rings (SSSR count). The number of carboxylic acids is 1. The number of benzene rings is 1. The Bertz CT molecular complexity index is 985. The number of aromatic nitrogens is 3. The summed E-state index contributed by atoms with van der Waals surface area (Å²) < 4.78 is 13.8. The number of rotatable bonds is 6. The molecule has 0 aliphatic heterocycles. The normalized spacial score (nSPS) is 11.1. The van der Waals surface area contributed by atoms with Gasteiger partial charge in [-0.05, 0) is 38.4 Å². The summed E-state index contributed by atoms with van der Waals surface area (Å²) in [6.07, 6.45) is 2.10. The van der Waals surface area contributed by atoms with Crippen LogP contribution in [0.3, 0.4) is 0 Å². The Morgan fingerprint density at radius 3 is 2.67 bits per heavy atom. The number of carbonyl (C=O) groups is 1. The van der Waals surface area contributed by atoms with Gasteiger partial charge in [-0.15, -0.1) is 0 Å². The molecule has 2 aromatic heterocycles. The molecule has 0 aliphatic carbocycles. The third-order valence-electron chi connectivity index (χ3n) is 4.05. The summed E-state index contributed by atoms with van der Waals surface area (Å²) in [5.41, 5.74) is 1.77. The monoisotopic (exact) mass is 370 g/mol. The van der Waals surface area contributed by atoms with Gasteiger partial charge < -0.3 is 20.1 Å². The predicted octanol–water partition coefficient (Wildman–Crippen LogP) is 2.79. The Labute approximate surface area is 155 Å². The van der Waals surface area contributed by atoms with Crippen molar-refractivity contribution in [1.29, 1.82) is 0 Å². The van der Waals surface area contributed by atoms with Gasteiger partial charge in [0.1, 0.15) is 11.6 Å². The van der Waals surface area contributed by atoms with Crippen molar-refractivity contribution in [2.24, 2.45) is 0 Å². The molecular formula is C19H19FN4O3. The lowest BCUT2D eigenvalue weighted by Gasteiger charge is -2.06. The summed E-state index contributed by atoms with van der Waals surface area (Å²) in [5.74, 6) is -1.60. The van der Waals surface area contributed by atoms with Gasteiger partial charge in [-0.1, -0.05) is 0 Å². The summed E-state index contributed by atoms with van der Waals surface area (Å²) in [6.45, 7) is 0.762. The highest BCUT2D eigenvalue weighted by Gasteiger charge is 2.18. The van der Waals surface area contributed by atoms with E-state index in [2.05, 4.69) is 15.0 Å². The molecule has 0 atom stereocenters. The SMILES string of the molecule is CN(C)CCc1nc(-c2ccc(F)c(C(=O)O)c2)c(-c2ccnc(O)c2)[nH]1. The van der Waals surface area contributed by atoms with Gasteiger partial charge >= 0.3 is 5.97 Å². The van der Waals surface area contributed by atoms with Crippen molar-refractivity contribution in [3.05, 3.63) is 53.7 Å². The summed E-state index contributed by atoms with van der Waals surface area (Å²) in [7, 11) is 3.90. The van der Waals surface area contributed by atoms with E-state index in [9.17, 15) is 19.4 Å². The lowest BCUT2D eigenvalue weighted by atomic mass is 10.0. The standard InChI is InChI=1S/C19H19FN4O3/c1-24(2)8-6-15-22-17(11-3-4-14(20)13(9-11)19(26)27)18(23-15)12-5-7-21-16(25)10-12/h3-5,7,9-10H,6,8H2,1-2H3,(H,21,25)(H,22,23)(H,26,27). The van der Waals surface area contributed by atoms with Gasteiger partial charge in [-0.2, -0.15) is 0 Å². The van der Waals surface area contributed by atoms with Crippen LogP contribution >= 0.6 is 0 Å². The molecule has 7 nitrogen and oxygen atoms in total. The molecule has 3 aromatic rings. The molecule has 0 bridgehead atoms. The topological polar surface area (TPSA) is 102 Å². The molecule has 8 heteroatoms. The van der Waals surface area contributed by atoms with E-state index >= 15 is 0 Å². The number of halogens is 1. The fraction of sp³-hybridized carbons (Fsp3) is 0.211. The van der Waals surface area contributed by atoms with Crippen molar-refractivity contribution in [3.8, 4) is 28.4 Å². The van der Waals surface area contributed by atoms with Crippen LogP contribution in [0, 0.1) is 5.82 Å². The predicted molar refractivity (Wildman–Crippen MR) is 98.1 cm³/mol. The Morgan fingerprint density at radius 2 is 2.00 bits per heavy atom. The third kappa shape index (κ3) is 4.12. The summed E-state index contributed by atoms with van der Waals surface area (Å²) >= 11 is 0. The largest absolute Gasteiger partial charge is 0.493 e. The van der Waals surface area contributed by atoms with Gasteiger partial charge in [0, 0.05) is 36.4 Å². The highest BCUT2D eigenvalue weighted by molar-refractivity contribution is 5.90. The van der Waals surface area contributed by atoms with Crippen LogP contribution in [-0.4, -0.2) is 56.7 Å². The first-order valence-electron chi connectivity index (χ1n) is 8.27. The van der Waals surface area contributed by atoms with Crippen LogP contribution in [0.15, 0.2) is 36.5 Å². The van der Waals surface area contributed by atoms with Crippen molar-refractivity contribution in [3.63, 3.8) is 0 Å². The number of H-pyrrole nitrogens is 1. The van der Waals surface area contributed by atoms with E-state index in [1.54, 1.807) is 6.07 Å². The van der Waals surface area contributed by atoms with E-state index in [0.29, 0.717) is 34.8 Å². The van der Waals surface area contributed by atoms with Gasteiger partial charge in [-0.3, -0.25) is 0 Å². The molecule has 0 fully saturated rings. The van der Waals surface area contributed by atoms with Crippen molar-refractivity contribution in [1.82, 2.24) is 19.9 Å². The number of nitrogens with one attached hydrogen (secondary N) is 1. The van der Waals surface area contributed by atoms with E-state index in [1.165, 1.54) is 24.4 Å². The fourth-order valence-corrected chi connectivity index (χ4v) is 2.70. The van der Waals surface area contributed by atoms with E-state index in [0.717, 1.165) is 12.6 Å². The van der Waals surface area contributed by atoms with Crippen LogP contribution < -0.4 is 0 Å². The van der Waals surface area contributed by atoms with Crippen LogP contribution in [0.25, 0.3) is 22.5 Å². The Hall–Kier alpha value is -3.26. The smallest absolute Gasteiger partial charge is 0.338 e. The minimum atomic E-state index is -1.35. The van der Waals surface area contributed by atoms with Crippen molar-refractivity contribution in [2.45, 2.75) is 6.42 Å². The molecule has 0 amide bonds. The first-order chi connectivity index (χ1) is 12.8. The molecule has 0 unspecified atom stereocenters. The minimum Gasteiger partial charge on any atom is -0.493 e. The Balaban J connectivity index is 2.12. The average Bonchev–Trinajstić information content (AvgIpc) is 3.04. The van der Waals surface area contributed by atoms with Crippen LogP contribution in [0.1, 0.15) is 16.2 Å². The molecule has 140 valence electrons. The second kappa shape index (κ2) is 7.55. The molecule has 0 radical (unpaired) electrons. The second-order valence-corrected chi connectivity index (χ2v) is 6.36. The van der Waals surface area contributed by atoms with E-state index in [-0.39, 0.29) is 5.88 Å². The number of aromatic amines is 1. The minimum absolute atomic E-state index is 0.145. The fourth-order valence-electron chi connectivity index (χ4n) is 2.70. The first-order valence-corrected chi connectivity index (χ1v) is 8.27. The maximum Gasteiger partial charge on any atom is 0.338 e. The lowest BCUT2D eigenvalue weighted by Crippen LogP contribution is -2.15. The van der Waals surface area contributed by atoms with Gasteiger partial charge in [0.2, 0.25) is 5.88 Å². The summed E-state index contributed by atoms with van der Waals surface area (Å²) in [5, 5.41) is 18.9. The zero-order valence-electron chi connectivity index (χ0n) is 14.9. The first kappa shape index (κ1) is 18.5. The average molecular weight is 370 g/mol. The van der Waals surface area contributed by atoms with Crippen molar-refractivity contribution in [2.75, 3.05) is 20.6 Å². The van der Waals surface area contributed by atoms with E-state index in [1.807, 2.05) is 19.0 Å². The maximum absolute atomic E-state index is 13.8. The zero-order valence-corrected chi connectivity index (χ0v) is 14.9. The number of hydrogen-bond acceptors (Lipinski definition) is 5. The zero-order chi connectivity index (χ0) is 19.6. The quantitative estimate of drug-likeness (QED) is 0.617. The van der Waals surface area contributed by atoms with Crippen LogP contribution in [0.2, 0.25) is 0 Å². The van der Waals surface area contributed by atoms with Crippen LogP contribution in [0.5, 0.6) is 5.88 Å². The second-order valence-electron chi connectivity index (χ2n) is 6.36. The number of hydrogen-bond donors (Lipinski definition) is 3. The molecule has 0 saturated carbocycles. The number of aromatic carboxylic acids is 1. The summed E-state index contributed by atoms with van der Waals surface area (Å²) in [4.78, 5) is 24.9. The highest BCUT2D eigenvalue weighted by atomic mass is 19.1. The molecule has 3 N–H and O–H groups in total. The van der Waals surface area contributed by atoms with Gasteiger partial charge in [0.05, 0.1) is 17.0 Å². The number of pyridine rings is 1. The molecule has 0 aliphatic rings. The van der Waals surface area contributed by atoms with E-state index < -0.39 is 17.3 Å². The van der Waals surface area contributed by atoms with Crippen LogP contribution in [0.4, 0.5) is 4.39 Å². The molecule has 0 spiro atoms. The molecule has 1 aromatic carbocycles. The van der Waals surface area contributed by atoms with Crippen molar-refractivity contribution < 1.29 is 19.4 Å². The summed E-state index contributed by atoms with van der Waals surface area (Å²) in [6, 6.07) is 7.04.